The number of aromatic nitrogens is 2. The average molecular weight is 321 g/mol. The molecule has 1 fully saturated rings. The molecule has 1 aromatic carbocycles. The molecule has 5 rings (SSSR count). The Labute approximate surface area is 137 Å². The predicted molar refractivity (Wildman–Crippen MR) is 89.5 cm³/mol. The first-order valence-corrected chi connectivity index (χ1v) is 8.73. The molecular formula is C18H15N3OS. The van der Waals surface area contributed by atoms with Crippen LogP contribution in [0.5, 0.6) is 0 Å². The Hall–Kier alpha value is -2.27. The van der Waals surface area contributed by atoms with Gasteiger partial charge in [-0.15, -0.1) is 11.3 Å². The van der Waals surface area contributed by atoms with Crippen LogP contribution in [0.15, 0.2) is 42.9 Å². The Kier molecular flexibility index (Phi) is 2.79. The summed E-state index contributed by atoms with van der Waals surface area (Å²) in [5, 5.41) is 1.15. The highest BCUT2D eigenvalue weighted by Gasteiger charge is 2.43. The molecule has 4 heterocycles. The van der Waals surface area contributed by atoms with Crippen molar-refractivity contribution in [3.8, 4) is 0 Å². The van der Waals surface area contributed by atoms with E-state index in [0.29, 0.717) is 0 Å². The minimum absolute atomic E-state index is 0.141. The van der Waals surface area contributed by atoms with Gasteiger partial charge in [0.15, 0.2) is 0 Å². The van der Waals surface area contributed by atoms with Crippen LogP contribution in [0.2, 0.25) is 0 Å². The fourth-order valence-electron chi connectivity index (χ4n) is 3.95. The molecule has 2 aromatic heterocycles. The Bertz CT molecular complexity index is 886. The minimum Gasteiger partial charge on any atom is -0.327 e. The van der Waals surface area contributed by atoms with Crippen molar-refractivity contribution < 1.29 is 4.79 Å². The van der Waals surface area contributed by atoms with Gasteiger partial charge in [-0.2, -0.15) is 0 Å². The van der Waals surface area contributed by atoms with Crippen molar-refractivity contribution in [3.63, 3.8) is 0 Å². The van der Waals surface area contributed by atoms with Crippen molar-refractivity contribution >= 4 is 27.3 Å². The molecule has 2 aliphatic rings. The van der Waals surface area contributed by atoms with Crippen molar-refractivity contribution in [2.75, 3.05) is 0 Å². The Morgan fingerprint density at radius 3 is 3.09 bits per heavy atom. The number of benzene rings is 1. The maximum Gasteiger partial charge on any atom is 0.264 e. The molecule has 4 nitrogen and oxygen atoms in total. The third-order valence-electron chi connectivity index (χ3n) is 4.99. The SMILES string of the molecule is O=C(c1cc2ccccc2s1)N1[C@H]2CC[C@H]1c1cncnc1C2. The summed E-state index contributed by atoms with van der Waals surface area (Å²) in [6.07, 6.45) is 6.42. The van der Waals surface area contributed by atoms with Gasteiger partial charge < -0.3 is 4.90 Å². The molecule has 3 aromatic rings. The summed E-state index contributed by atoms with van der Waals surface area (Å²) in [4.78, 5) is 24.6. The number of hydrogen-bond donors (Lipinski definition) is 0. The van der Waals surface area contributed by atoms with Gasteiger partial charge in [0.25, 0.3) is 5.91 Å². The number of amides is 1. The van der Waals surface area contributed by atoms with Crippen molar-refractivity contribution in [2.45, 2.75) is 31.3 Å². The standard InChI is InChI=1S/C18H15N3OS/c22-18(17-7-11-3-1-2-4-16(11)23-17)21-12-5-6-15(21)13-9-19-10-20-14(13)8-12/h1-4,7,9-10,12,15H,5-6,8H2/t12-,15-/m0/s1. The molecule has 5 heteroatoms. The highest BCUT2D eigenvalue weighted by Crippen LogP contribution is 2.44. The zero-order valence-electron chi connectivity index (χ0n) is 12.5. The summed E-state index contributed by atoms with van der Waals surface area (Å²) in [6.45, 7) is 0. The highest BCUT2D eigenvalue weighted by molar-refractivity contribution is 7.20. The van der Waals surface area contributed by atoms with Crippen molar-refractivity contribution in [1.82, 2.24) is 14.9 Å². The lowest BCUT2D eigenvalue weighted by molar-refractivity contribution is 0.0649. The zero-order chi connectivity index (χ0) is 15.4. The summed E-state index contributed by atoms with van der Waals surface area (Å²) in [6, 6.07) is 10.6. The van der Waals surface area contributed by atoms with Crippen molar-refractivity contribution in [2.24, 2.45) is 0 Å². The first kappa shape index (κ1) is 13.2. The molecule has 2 atom stereocenters. The number of rotatable bonds is 1. The van der Waals surface area contributed by atoms with Crippen LogP contribution in [0.25, 0.3) is 10.1 Å². The summed E-state index contributed by atoms with van der Waals surface area (Å²) in [5.41, 5.74) is 2.25. The van der Waals surface area contributed by atoms with Crippen LogP contribution in [-0.4, -0.2) is 26.8 Å². The highest BCUT2D eigenvalue weighted by atomic mass is 32.1. The van der Waals surface area contributed by atoms with E-state index in [2.05, 4.69) is 27.0 Å². The number of fused-ring (bicyclic) bond motifs is 5. The van der Waals surface area contributed by atoms with Crippen LogP contribution >= 0.6 is 11.3 Å². The molecule has 2 bridgehead atoms. The van der Waals surface area contributed by atoms with E-state index in [9.17, 15) is 4.79 Å². The molecule has 1 amide bonds. The van der Waals surface area contributed by atoms with Gasteiger partial charge in [0.1, 0.15) is 6.33 Å². The molecule has 114 valence electrons. The van der Waals surface area contributed by atoms with E-state index in [4.69, 9.17) is 0 Å². The van der Waals surface area contributed by atoms with Crippen molar-refractivity contribution in [1.29, 1.82) is 0 Å². The van der Waals surface area contributed by atoms with E-state index >= 15 is 0 Å². The Morgan fingerprint density at radius 1 is 1.26 bits per heavy atom. The minimum atomic E-state index is 0.141. The second-order valence-corrected chi connectivity index (χ2v) is 7.32. The van der Waals surface area contributed by atoms with Crippen LogP contribution in [0.3, 0.4) is 0 Å². The molecule has 0 saturated carbocycles. The summed E-state index contributed by atoms with van der Waals surface area (Å²) < 4.78 is 1.17. The van der Waals surface area contributed by atoms with Gasteiger partial charge in [0, 0.05) is 28.9 Å². The Morgan fingerprint density at radius 2 is 2.17 bits per heavy atom. The van der Waals surface area contributed by atoms with E-state index in [0.717, 1.165) is 40.8 Å². The first-order chi connectivity index (χ1) is 11.3. The molecule has 0 N–H and O–H groups in total. The van der Waals surface area contributed by atoms with Gasteiger partial charge in [-0.1, -0.05) is 18.2 Å². The molecule has 0 spiro atoms. The monoisotopic (exact) mass is 321 g/mol. The summed E-state index contributed by atoms with van der Waals surface area (Å²) >= 11 is 1.59. The third kappa shape index (κ3) is 1.93. The van der Waals surface area contributed by atoms with Crippen LogP contribution in [-0.2, 0) is 6.42 Å². The first-order valence-electron chi connectivity index (χ1n) is 7.91. The van der Waals surface area contributed by atoms with E-state index < -0.39 is 0 Å². The summed E-state index contributed by atoms with van der Waals surface area (Å²) in [5.74, 6) is 0.160. The van der Waals surface area contributed by atoms with Gasteiger partial charge in [-0.3, -0.25) is 4.79 Å². The smallest absolute Gasteiger partial charge is 0.264 e. The fraction of sp³-hybridized carbons (Fsp3) is 0.278. The van der Waals surface area contributed by atoms with E-state index in [1.54, 1.807) is 17.7 Å². The van der Waals surface area contributed by atoms with E-state index in [1.807, 2.05) is 24.4 Å². The van der Waals surface area contributed by atoms with Crippen LogP contribution in [0.4, 0.5) is 0 Å². The third-order valence-corrected chi connectivity index (χ3v) is 6.09. The predicted octanol–water partition coefficient (Wildman–Crippen LogP) is 3.59. The molecule has 0 unspecified atom stereocenters. The number of thiophene rings is 1. The topological polar surface area (TPSA) is 46.1 Å². The van der Waals surface area contributed by atoms with Gasteiger partial charge in [0.05, 0.1) is 16.6 Å². The Balaban J connectivity index is 1.56. The lowest BCUT2D eigenvalue weighted by atomic mass is 9.99. The van der Waals surface area contributed by atoms with E-state index in [-0.39, 0.29) is 18.0 Å². The molecular weight excluding hydrogens is 306 g/mol. The lowest BCUT2D eigenvalue weighted by Gasteiger charge is -2.35. The number of carbonyl (C=O) groups is 1. The van der Waals surface area contributed by atoms with Gasteiger partial charge in [-0.25, -0.2) is 9.97 Å². The molecule has 23 heavy (non-hydrogen) atoms. The lowest BCUT2D eigenvalue weighted by Crippen LogP contribution is -2.42. The van der Waals surface area contributed by atoms with Crippen molar-refractivity contribution in [3.05, 3.63) is 59.0 Å². The zero-order valence-corrected chi connectivity index (χ0v) is 13.3. The second kappa shape index (κ2) is 4.86. The van der Waals surface area contributed by atoms with Crippen LogP contribution < -0.4 is 0 Å². The number of hydrogen-bond acceptors (Lipinski definition) is 4. The molecule has 1 saturated heterocycles. The maximum absolute atomic E-state index is 13.1. The number of nitrogens with zero attached hydrogens (tertiary/aromatic N) is 3. The van der Waals surface area contributed by atoms with Gasteiger partial charge in [-0.05, 0) is 30.4 Å². The molecule has 2 aliphatic heterocycles. The van der Waals surface area contributed by atoms with E-state index in [1.165, 1.54) is 4.70 Å². The average Bonchev–Trinajstić information content (AvgIpc) is 3.15. The van der Waals surface area contributed by atoms with Gasteiger partial charge >= 0.3 is 0 Å². The summed E-state index contributed by atoms with van der Waals surface area (Å²) in [7, 11) is 0. The van der Waals surface area contributed by atoms with Crippen LogP contribution in [0.1, 0.15) is 39.8 Å². The van der Waals surface area contributed by atoms with Crippen LogP contribution in [0, 0.1) is 0 Å². The second-order valence-electron chi connectivity index (χ2n) is 6.24. The molecule has 0 radical (unpaired) electrons. The quantitative estimate of drug-likeness (QED) is 0.688. The maximum atomic E-state index is 13.1. The van der Waals surface area contributed by atoms with Gasteiger partial charge in [0.2, 0.25) is 0 Å². The number of carbonyl (C=O) groups excluding carboxylic acids is 1. The normalized spacial score (nSPS) is 22.3. The fourth-order valence-corrected chi connectivity index (χ4v) is 4.96. The molecule has 0 aliphatic carbocycles. The largest absolute Gasteiger partial charge is 0.327 e.